The third-order valence-corrected chi connectivity index (χ3v) is 4.97. The Bertz CT molecular complexity index is 1520. The molecular weight excluding hydrogens is 450 g/mol. The molecule has 0 saturated heterocycles. The van der Waals surface area contributed by atoms with E-state index < -0.39 is 6.03 Å². The Morgan fingerprint density at radius 1 is 0.794 bits per heavy atom. The van der Waals surface area contributed by atoms with Crippen molar-refractivity contribution < 1.29 is 9.59 Å². The molecule has 2 N–H and O–H groups in total. The zero-order valence-corrected chi connectivity index (χ0v) is 18.5. The highest BCUT2D eigenvalue weighted by Crippen LogP contribution is 2.20. The first kappa shape index (κ1) is 22.6. The summed E-state index contributed by atoms with van der Waals surface area (Å²) in [5.74, 6) is 0.154. The summed E-state index contributed by atoms with van der Waals surface area (Å²) in [6.07, 6.45) is 3.00. The van der Waals surface area contributed by atoms with Crippen molar-refractivity contribution in [2.75, 3.05) is 10.6 Å². The van der Waals surface area contributed by atoms with Crippen molar-refractivity contribution in [2.45, 2.75) is 0 Å². The van der Waals surface area contributed by atoms with Crippen LogP contribution < -0.4 is 10.6 Å². The Morgan fingerprint density at radius 2 is 1.44 bits per heavy atom. The smallest absolute Gasteiger partial charge is 0.308 e. The number of hydrogen-bond donors (Lipinski definition) is 2. The summed E-state index contributed by atoms with van der Waals surface area (Å²) in [6.45, 7) is 0. The van der Waals surface area contributed by atoms with Gasteiger partial charge in [-0.1, -0.05) is 72.3 Å². The molecule has 0 spiro atoms. The van der Waals surface area contributed by atoms with Gasteiger partial charge in [0.1, 0.15) is 5.15 Å². The van der Waals surface area contributed by atoms with E-state index in [1.165, 1.54) is 18.3 Å². The van der Waals surface area contributed by atoms with Gasteiger partial charge in [0.2, 0.25) is 12.0 Å². The van der Waals surface area contributed by atoms with E-state index in [-0.39, 0.29) is 11.1 Å². The lowest BCUT2D eigenvalue weighted by molar-refractivity contribution is 0.262. The number of hydrogen-bond acceptors (Lipinski definition) is 5. The van der Waals surface area contributed by atoms with Gasteiger partial charge in [-0.2, -0.15) is 4.99 Å². The van der Waals surface area contributed by atoms with Gasteiger partial charge in [-0.05, 0) is 51.9 Å². The van der Waals surface area contributed by atoms with Crippen LogP contribution in [0.2, 0.25) is 5.15 Å². The van der Waals surface area contributed by atoms with E-state index in [4.69, 9.17) is 11.6 Å². The molecule has 4 aromatic carbocycles. The van der Waals surface area contributed by atoms with Gasteiger partial charge in [0, 0.05) is 11.9 Å². The summed E-state index contributed by atoms with van der Waals surface area (Å²) >= 11 is 5.73. The minimum Gasteiger partial charge on any atom is -0.308 e. The summed E-state index contributed by atoms with van der Waals surface area (Å²) < 4.78 is 0. The number of benzene rings is 4. The zero-order valence-electron chi connectivity index (χ0n) is 17.8. The minimum atomic E-state index is -0.424. The quantitative estimate of drug-likeness (QED) is 0.174. The third kappa shape index (κ3) is 6.01. The number of halogens is 1. The maximum absolute atomic E-state index is 11.9. The normalized spacial score (nSPS) is 10.0. The van der Waals surface area contributed by atoms with Crippen molar-refractivity contribution in [3.8, 4) is 0 Å². The molecule has 166 valence electrons. The maximum atomic E-state index is 11.9. The van der Waals surface area contributed by atoms with E-state index >= 15 is 0 Å². The summed E-state index contributed by atoms with van der Waals surface area (Å²) in [4.78, 5) is 33.2. The van der Waals surface area contributed by atoms with Crippen molar-refractivity contribution in [3.63, 3.8) is 0 Å². The molecule has 5 aromatic rings. The second kappa shape index (κ2) is 10.8. The number of fused-ring (bicyclic) bond motifs is 2. The van der Waals surface area contributed by atoms with Crippen LogP contribution in [0.4, 0.5) is 22.1 Å². The molecule has 0 fully saturated rings. The number of carbonyl (C=O) groups is 1. The molecule has 0 aliphatic rings. The molecule has 8 heteroatoms. The predicted molar refractivity (Wildman–Crippen MR) is 135 cm³/mol. The molecule has 0 atom stereocenters. The molecule has 0 radical (unpaired) electrons. The summed E-state index contributed by atoms with van der Waals surface area (Å²) in [5, 5.41) is 9.91. The lowest BCUT2D eigenvalue weighted by Gasteiger charge is -2.07. The number of carbonyl (C=O) groups excluding carboxylic acids is 2. The highest BCUT2D eigenvalue weighted by Gasteiger charge is 2.05. The van der Waals surface area contributed by atoms with Gasteiger partial charge in [0.15, 0.2) is 0 Å². The van der Waals surface area contributed by atoms with Gasteiger partial charge in [-0.15, -0.1) is 0 Å². The number of aromatic nitrogens is 2. The SMILES string of the molecule is O=C(Nc1ccc2ccccc2c1)Nc1nccc(Cl)n1.O=C=Nc1ccc2ccccc2c1. The first-order valence-electron chi connectivity index (χ1n) is 10.2. The van der Waals surface area contributed by atoms with Gasteiger partial charge in [-0.25, -0.2) is 19.6 Å². The van der Waals surface area contributed by atoms with E-state index in [1.807, 2.05) is 78.9 Å². The van der Waals surface area contributed by atoms with Crippen LogP contribution in [0.3, 0.4) is 0 Å². The lowest BCUT2D eigenvalue weighted by Crippen LogP contribution is -2.20. The van der Waals surface area contributed by atoms with Crippen LogP contribution in [0.1, 0.15) is 0 Å². The number of anilines is 2. The molecule has 7 nitrogen and oxygen atoms in total. The highest BCUT2D eigenvalue weighted by molar-refractivity contribution is 6.29. The second-order valence-corrected chi connectivity index (χ2v) is 7.47. The molecule has 2 amide bonds. The number of aliphatic imine (C=N–C) groups is 1. The van der Waals surface area contributed by atoms with E-state index in [9.17, 15) is 9.59 Å². The van der Waals surface area contributed by atoms with E-state index in [1.54, 1.807) is 6.07 Å². The van der Waals surface area contributed by atoms with Crippen molar-refractivity contribution in [3.05, 3.63) is 102 Å². The Morgan fingerprint density at radius 3 is 2.12 bits per heavy atom. The Labute approximate surface area is 200 Å². The van der Waals surface area contributed by atoms with Gasteiger partial charge in [0.05, 0.1) is 5.69 Å². The van der Waals surface area contributed by atoms with Crippen molar-refractivity contribution in [2.24, 2.45) is 4.99 Å². The van der Waals surface area contributed by atoms with Crippen molar-refractivity contribution in [1.29, 1.82) is 0 Å². The monoisotopic (exact) mass is 467 g/mol. The Balaban J connectivity index is 0.000000180. The van der Waals surface area contributed by atoms with E-state index in [0.717, 1.165) is 21.5 Å². The van der Waals surface area contributed by atoms with Crippen LogP contribution in [0.15, 0.2) is 102 Å². The fraction of sp³-hybridized carbons (Fsp3) is 0. The molecule has 0 saturated carbocycles. The van der Waals surface area contributed by atoms with Crippen molar-refractivity contribution >= 4 is 62.6 Å². The molecule has 1 aromatic heterocycles. The fourth-order valence-electron chi connectivity index (χ4n) is 3.23. The number of amides is 2. The standard InChI is InChI=1S/C15H11ClN4O.C11H7NO/c16-13-7-8-17-14(19-13)20-15(21)18-12-6-5-10-3-1-2-4-11(10)9-12;13-8-12-11-6-5-9-3-1-2-4-10(9)7-11/h1-9H,(H2,17,18,19,20,21);1-7H. The molecule has 0 aliphatic carbocycles. The second-order valence-electron chi connectivity index (χ2n) is 7.08. The van der Waals surface area contributed by atoms with Crippen LogP contribution in [0, 0.1) is 0 Å². The van der Waals surface area contributed by atoms with Crippen molar-refractivity contribution in [1.82, 2.24) is 9.97 Å². The van der Waals surface area contributed by atoms with Gasteiger partial charge in [-0.3, -0.25) is 5.32 Å². The molecule has 34 heavy (non-hydrogen) atoms. The average molecular weight is 468 g/mol. The molecule has 5 rings (SSSR count). The average Bonchev–Trinajstić information content (AvgIpc) is 2.84. The zero-order chi connectivity index (χ0) is 23.8. The third-order valence-electron chi connectivity index (χ3n) is 4.76. The Hall–Kier alpha value is -4.58. The molecule has 1 heterocycles. The van der Waals surface area contributed by atoms with Gasteiger partial charge < -0.3 is 5.32 Å². The highest BCUT2D eigenvalue weighted by atomic mass is 35.5. The first-order chi connectivity index (χ1) is 16.6. The largest absolute Gasteiger partial charge is 0.326 e. The number of rotatable bonds is 3. The van der Waals surface area contributed by atoms with Crippen LogP contribution in [0.25, 0.3) is 21.5 Å². The first-order valence-corrected chi connectivity index (χ1v) is 10.6. The lowest BCUT2D eigenvalue weighted by atomic mass is 10.1. The van der Waals surface area contributed by atoms with E-state index in [2.05, 4.69) is 25.6 Å². The molecular formula is C26H18ClN5O2. The summed E-state index contributed by atoms with van der Waals surface area (Å²) in [7, 11) is 0. The van der Waals surface area contributed by atoms with E-state index in [0.29, 0.717) is 11.4 Å². The predicted octanol–water partition coefficient (Wildman–Crippen LogP) is 6.73. The van der Waals surface area contributed by atoms with Gasteiger partial charge in [0.25, 0.3) is 0 Å². The van der Waals surface area contributed by atoms with Crippen LogP contribution >= 0.6 is 11.6 Å². The topological polar surface area (TPSA) is 96.3 Å². The number of isocyanates is 1. The number of nitrogens with zero attached hydrogens (tertiary/aromatic N) is 3. The molecule has 0 aliphatic heterocycles. The van der Waals surface area contributed by atoms with Gasteiger partial charge >= 0.3 is 6.03 Å². The molecule has 0 bridgehead atoms. The minimum absolute atomic E-state index is 0.154. The van der Waals surface area contributed by atoms with Crippen LogP contribution in [-0.2, 0) is 4.79 Å². The van der Waals surface area contributed by atoms with Crippen LogP contribution in [-0.4, -0.2) is 22.1 Å². The molecule has 0 unspecified atom stereocenters. The number of urea groups is 1. The maximum Gasteiger partial charge on any atom is 0.326 e. The van der Waals surface area contributed by atoms with Crippen LogP contribution in [0.5, 0.6) is 0 Å². The Kier molecular flexibility index (Phi) is 7.20. The summed E-state index contributed by atoms with van der Waals surface area (Å²) in [5.41, 5.74) is 1.34. The fourth-order valence-corrected chi connectivity index (χ4v) is 3.36. The summed E-state index contributed by atoms with van der Waals surface area (Å²) in [6, 6.07) is 28.2. The number of nitrogens with one attached hydrogen (secondary N) is 2.